The number of ether oxygens (including phenoxy) is 3. The number of nitrogens with one attached hydrogen (secondary N) is 1. The number of anilines is 1. The number of methoxy groups -OCH3 is 2. The van der Waals surface area contributed by atoms with E-state index in [1.165, 1.54) is 19.1 Å². The van der Waals surface area contributed by atoms with Gasteiger partial charge < -0.3 is 24.4 Å². The van der Waals surface area contributed by atoms with Crippen molar-refractivity contribution in [3.8, 4) is 17.5 Å². The Kier molecular flexibility index (Phi) is 6.48. The Morgan fingerprint density at radius 3 is 2.73 bits per heavy atom. The van der Waals surface area contributed by atoms with Gasteiger partial charge in [0.15, 0.2) is 17.2 Å². The van der Waals surface area contributed by atoms with Gasteiger partial charge in [-0.15, -0.1) is 0 Å². The van der Waals surface area contributed by atoms with Crippen LogP contribution in [0.3, 0.4) is 0 Å². The van der Waals surface area contributed by atoms with Crippen LogP contribution in [0.5, 0.6) is 17.5 Å². The lowest BCUT2D eigenvalue weighted by molar-refractivity contribution is -0.141. The summed E-state index contributed by atoms with van der Waals surface area (Å²) in [4.78, 5) is 21.4. The molecule has 2 aromatic rings. The molecule has 11 heteroatoms. The molecule has 0 spiro atoms. The van der Waals surface area contributed by atoms with Crippen LogP contribution in [0.15, 0.2) is 30.5 Å². The number of amides is 2. The Morgan fingerprint density at radius 2 is 2.03 bits per heavy atom. The first-order chi connectivity index (χ1) is 14.3. The first-order valence-electron chi connectivity index (χ1n) is 9.15. The molecule has 1 aromatic heterocycles. The largest absolute Gasteiger partial charge is 0.493 e. The second-order valence-electron chi connectivity index (χ2n) is 6.52. The van der Waals surface area contributed by atoms with Crippen LogP contribution in [0.2, 0.25) is 0 Å². The third-order valence-electron chi connectivity index (χ3n) is 4.51. The molecule has 2 heterocycles. The van der Waals surface area contributed by atoms with E-state index in [4.69, 9.17) is 14.2 Å². The number of hydrogen-bond donors (Lipinski definition) is 1. The predicted molar refractivity (Wildman–Crippen MR) is 101 cm³/mol. The highest BCUT2D eigenvalue weighted by molar-refractivity contribution is 5.91. The molecule has 1 N–H and O–H groups in total. The van der Waals surface area contributed by atoms with Gasteiger partial charge in [0.1, 0.15) is 6.10 Å². The Balaban J connectivity index is 1.66. The Labute approximate surface area is 171 Å². The number of halogens is 3. The van der Waals surface area contributed by atoms with Gasteiger partial charge in [0, 0.05) is 12.7 Å². The monoisotopic (exact) mass is 426 g/mol. The van der Waals surface area contributed by atoms with Crippen molar-refractivity contribution in [1.29, 1.82) is 0 Å². The summed E-state index contributed by atoms with van der Waals surface area (Å²) in [7, 11) is 2.96. The fourth-order valence-corrected chi connectivity index (χ4v) is 3.10. The average molecular weight is 426 g/mol. The summed E-state index contributed by atoms with van der Waals surface area (Å²) in [6.07, 6.45) is -2.94. The number of rotatable bonds is 5. The number of likely N-dealkylation sites (tertiary alicyclic amines) is 1. The maximum atomic E-state index is 12.8. The van der Waals surface area contributed by atoms with Crippen LogP contribution >= 0.6 is 0 Å². The molecule has 1 fully saturated rings. The standard InChI is InChI=1S/C19H21F3N4O4/c1-28-14-7-3-6-13(16(14)29-2)24-18(27)26-10-4-5-12(11-26)30-17-23-9-8-15(25-17)19(20,21)22/h3,6-9,12H,4-5,10-11H2,1-2H3,(H,24,27). The van der Waals surface area contributed by atoms with E-state index in [0.29, 0.717) is 36.6 Å². The molecule has 1 aromatic carbocycles. The SMILES string of the molecule is COc1cccc(NC(=O)N2CCCC(Oc3nccc(C(F)(F)F)n3)C2)c1OC. The van der Waals surface area contributed by atoms with Crippen molar-refractivity contribution in [2.24, 2.45) is 0 Å². The second kappa shape index (κ2) is 9.06. The second-order valence-corrected chi connectivity index (χ2v) is 6.52. The number of hydrogen-bond acceptors (Lipinski definition) is 6. The molecule has 0 saturated carbocycles. The Hall–Kier alpha value is -3.24. The lowest BCUT2D eigenvalue weighted by Crippen LogP contribution is -2.46. The van der Waals surface area contributed by atoms with Gasteiger partial charge in [-0.1, -0.05) is 6.07 Å². The highest BCUT2D eigenvalue weighted by atomic mass is 19.4. The summed E-state index contributed by atoms with van der Waals surface area (Å²) in [6, 6.07) is 5.10. The Bertz CT molecular complexity index is 894. The van der Waals surface area contributed by atoms with Gasteiger partial charge in [0.05, 0.1) is 26.5 Å². The molecule has 1 unspecified atom stereocenters. The highest BCUT2D eigenvalue weighted by Gasteiger charge is 2.33. The molecule has 1 aliphatic rings. The predicted octanol–water partition coefficient (Wildman–Crippen LogP) is 3.59. The topological polar surface area (TPSA) is 85.8 Å². The van der Waals surface area contributed by atoms with Crippen molar-refractivity contribution in [3.05, 3.63) is 36.2 Å². The van der Waals surface area contributed by atoms with Crippen LogP contribution in [-0.4, -0.2) is 54.3 Å². The van der Waals surface area contributed by atoms with Crippen molar-refractivity contribution < 1.29 is 32.2 Å². The zero-order chi connectivity index (χ0) is 21.7. The summed E-state index contributed by atoms with van der Waals surface area (Å²) in [5, 5.41) is 2.77. The summed E-state index contributed by atoms with van der Waals surface area (Å²) < 4.78 is 54.5. The molecule has 0 bridgehead atoms. The minimum Gasteiger partial charge on any atom is -0.493 e. The van der Waals surface area contributed by atoms with Gasteiger partial charge >= 0.3 is 18.2 Å². The molecule has 0 aliphatic carbocycles. The van der Waals surface area contributed by atoms with E-state index in [2.05, 4.69) is 15.3 Å². The molecular formula is C19H21F3N4O4. The van der Waals surface area contributed by atoms with Gasteiger partial charge in [-0.2, -0.15) is 18.2 Å². The van der Waals surface area contributed by atoms with Crippen molar-refractivity contribution >= 4 is 11.7 Å². The zero-order valence-electron chi connectivity index (χ0n) is 16.4. The quantitative estimate of drug-likeness (QED) is 0.787. The van der Waals surface area contributed by atoms with Crippen molar-refractivity contribution in [2.45, 2.75) is 25.1 Å². The molecule has 8 nitrogen and oxygen atoms in total. The fourth-order valence-electron chi connectivity index (χ4n) is 3.10. The van der Waals surface area contributed by atoms with Gasteiger partial charge in [-0.05, 0) is 31.0 Å². The van der Waals surface area contributed by atoms with E-state index >= 15 is 0 Å². The molecule has 30 heavy (non-hydrogen) atoms. The molecule has 1 aliphatic heterocycles. The van der Waals surface area contributed by atoms with Crippen LogP contribution in [0, 0.1) is 0 Å². The van der Waals surface area contributed by atoms with Gasteiger partial charge in [0.2, 0.25) is 0 Å². The van der Waals surface area contributed by atoms with Gasteiger partial charge in [-0.3, -0.25) is 0 Å². The number of alkyl halides is 3. The Morgan fingerprint density at radius 1 is 1.23 bits per heavy atom. The molecule has 1 saturated heterocycles. The van der Waals surface area contributed by atoms with Crippen LogP contribution in [0.4, 0.5) is 23.7 Å². The maximum Gasteiger partial charge on any atom is 0.433 e. The van der Waals surface area contributed by atoms with Gasteiger partial charge in [0.25, 0.3) is 0 Å². The van der Waals surface area contributed by atoms with E-state index in [1.54, 1.807) is 18.2 Å². The summed E-state index contributed by atoms with van der Waals surface area (Å²) >= 11 is 0. The van der Waals surface area contributed by atoms with Gasteiger partial charge in [-0.25, -0.2) is 9.78 Å². The minimum absolute atomic E-state index is 0.178. The normalized spacial score (nSPS) is 16.7. The number of urea groups is 1. The van der Waals surface area contributed by atoms with E-state index in [1.807, 2.05) is 0 Å². The number of piperidine rings is 1. The van der Waals surface area contributed by atoms with Crippen LogP contribution in [0.1, 0.15) is 18.5 Å². The highest BCUT2D eigenvalue weighted by Crippen LogP contribution is 2.35. The number of carbonyl (C=O) groups is 1. The van der Waals surface area contributed by atoms with Crippen molar-refractivity contribution in [1.82, 2.24) is 14.9 Å². The third-order valence-corrected chi connectivity index (χ3v) is 4.51. The number of carbonyl (C=O) groups excluding carboxylic acids is 1. The summed E-state index contributed by atoms with van der Waals surface area (Å²) in [6.45, 7) is 0.652. The smallest absolute Gasteiger partial charge is 0.433 e. The fraction of sp³-hybridized carbons (Fsp3) is 0.421. The molecule has 2 amide bonds. The molecule has 0 radical (unpaired) electrons. The maximum absolute atomic E-state index is 12.8. The lowest BCUT2D eigenvalue weighted by Gasteiger charge is -2.32. The van der Waals surface area contributed by atoms with Crippen molar-refractivity contribution in [3.63, 3.8) is 0 Å². The number of nitrogens with zero attached hydrogens (tertiary/aromatic N) is 3. The number of para-hydroxylation sites is 1. The minimum atomic E-state index is -4.59. The van der Waals surface area contributed by atoms with Crippen molar-refractivity contribution in [2.75, 3.05) is 32.6 Å². The lowest BCUT2D eigenvalue weighted by atomic mass is 10.1. The molecular weight excluding hydrogens is 405 g/mol. The zero-order valence-corrected chi connectivity index (χ0v) is 16.4. The first kappa shape index (κ1) is 21.5. The van der Waals surface area contributed by atoms with Crippen LogP contribution in [0.25, 0.3) is 0 Å². The summed E-state index contributed by atoms with van der Waals surface area (Å²) in [5.74, 6) is 0.854. The third kappa shape index (κ3) is 5.02. The van der Waals surface area contributed by atoms with Crippen LogP contribution < -0.4 is 19.5 Å². The molecule has 3 rings (SSSR count). The van der Waals surface area contributed by atoms with E-state index < -0.39 is 18.0 Å². The average Bonchev–Trinajstić information content (AvgIpc) is 2.73. The molecule has 162 valence electrons. The number of aromatic nitrogens is 2. The van der Waals surface area contributed by atoms with E-state index in [-0.39, 0.29) is 18.6 Å². The van der Waals surface area contributed by atoms with E-state index in [0.717, 1.165) is 12.3 Å². The first-order valence-corrected chi connectivity index (χ1v) is 9.15. The van der Waals surface area contributed by atoms with E-state index in [9.17, 15) is 18.0 Å². The summed E-state index contributed by atoms with van der Waals surface area (Å²) in [5.41, 5.74) is -0.644. The van der Waals surface area contributed by atoms with Crippen LogP contribution in [-0.2, 0) is 6.18 Å². The molecule has 1 atom stereocenters. The number of benzene rings is 1.